The van der Waals surface area contributed by atoms with E-state index in [0.717, 1.165) is 18.2 Å². The maximum atomic E-state index is 12.9. The third-order valence-electron chi connectivity index (χ3n) is 4.87. The molecular weight excluding hydrogens is 398 g/mol. The van der Waals surface area contributed by atoms with E-state index in [9.17, 15) is 8.42 Å². The van der Waals surface area contributed by atoms with Crippen molar-refractivity contribution in [2.75, 3.05) is 0 Å². The molecule has 1 aliphatic rings. The Labute approximate surface area is 169 Å². The Hall–Kier alpha value is -2.22. The third kappa shape index (κ3) is 4.27. The van der Waals surface area contributed by atoms with Crippen LogP contribution >= 0.6 is 11.6 Å². The molecule has 1 aromatic carbocycles. The lowest BCUT2D eigenvalue weighted by Gasteiger charge is -2.29. The Morgan fingerprint density at radius 2 is 1.79 bits per heavy atom. The second-order valence-electron chi connectivity index (χ2n) is 6.86. The second-order valence-corrected chi connectivity index (χ2v) is 8.98. The number of halogens is 1. The Balaban J connectivity index is 1.40. The average molecular weight is 418 g/mol. The Kier molecular flexibility index (Phi) is 5.48. The molecule has 0 saturated heterocycles. The Morgan fingerprint density at radius 3 is 2.54 bits per heavy atom. The number of ether oxygens (including phenoxy) is 1. The largest absolute Gasteiger partial charge is 0.474 e. The quantitative estimate of drug-likeness (QED) is 0.679. The lowest BCUT2D eigenvalue weighted by atomic mass is 9.94. The molecule has 8 heteroatoms. The summed E-state index contributed by atoms with van der Waals surface area (Å²) in [6.45, 7) is 0. The number of para-hydroxylation sites is 1. The van der Waals surface area contributed by atoms with Gasteiger partial charge in [-0.15, -0.1) is 0 Å². The monoisotopic (exact) mass is 417 g/mol. The van der Waals surface area contributed by atoms with Gasteiger partial charge in [0.1, 0.15) is 11.0 Å². The first-order valence-corrected chi connectivity index (χ1v) is 11.0. The molecule has 0 aliphatic heterocycles. The average Bonchev–Trinajstić information content (AvgIpc) is 2.70. The first-order chi connectivity index (χ1) is 13.5. The van der Waals surface area contributed by atoms with Gasteiger partial charge in [0, 0.05) is 29.9 Å². The summed E-state index contributed by atoms with van der Waals surface area (Å²) >= 11 is 5.83. The molecule has 2 aromatic heterocycles. The van der Waals surface area contributed by atoms with Gasteiger partial charge in [-0.3, -0.25) is 4.98 Å². The molecule has 6 nitrogen and oxygen atoms in total. The van der Waals surface area contributed by atoms with Crippen molar-refractivity contribution in [3.63, 3.8) is 0 Å². The molecule has 1 aliphatic carbocycles. The van der Waals surface area contributed by atoms with Crippen molar-refractivity contribution < 1.29 is 13.2 Å². The van der Waals surface area contributed by atoms with Crippen molar-refractivity contribution in [2.45, 2.75) is 42.7 Å². The van der Waals surface area contributed by atoms with E-state index in [2.05, 4.69) is 14.7 Å². The summed E-state index contributed by atoms with van der Waals surface area (Å²) in [5, 5.41) is 1.37. The molecular formula is C20H20ClN3O3S. The molecule has 1 saturated carbocycles. The lowest BCUT2D eigenvalue weighted by Crippen LogP contribution is -2.39. The highest BCUT2D eigenvalue weighted by molar-refractivity contribution is 7.89. The molecule has 28 heavy (non-hydrogen) atoms. The topological polar surface area (TPSA) is 81.2 Å². The van der Waals surface area contributed by atoms with Gasteiger partial charge in [0.15, 0.2) is 0 Å². The number of pyridine rings is 2. The molecule has 0 atom stereocenters. The maximum absolute atomic E-state index is 12.9. The van der Waals surface area contributed by atoms with Crippen molar-refractivity contribution >= 4 is 32.5 Å². The van der Waals surface area contributed by atoms with Crippen molar-refractivity contribution in [2.24, 2.45) is 0 Å². The Bertz CT molecular complexity index is 1060. The van der Waals surface area contributed by atoms with Crippen molar-refractivity contribution in [1.82, 2.24) is 14.7 Å². The number of nitrogens with one attached hydrogen (secondary N) is 1. The van der Waals surface area contributed by atoms with E-state index in [-0.39, 0.29) is 17.0 Å². The maximum Gasteiger partial charge on any atom is 0.242 e. The second kappa shape index (κ2) is 8.03. The molecule has 0 spiro atoms. The van der Waals surface area contributed by atoms with Gasteiger partial charge < -0.3 is 4.74 Å². The molecule has 1 N–H and O–H groups in total. The number of aromatic nitrogens is 2. The van der Waals surface area contributed by atoms with Crippen LogP contribution in [0.1, 0.15) is 25.7 Å². The lowest BCUT2D eigenvalue weighted by molar-refractivity contribution is 0.138. The van der Waals surface area contributed by atoms with E-state index in [1.165, 1.54) is 0 Å². The minimum absolute atomic E-state index is 0.0219. The number of hydrogen-bond acceptors (Lipinski definition) is 5. The summed E-state index contributed by atoms with van der Waals surface area (Å²) in [5.74, 6) is 0.537. The predicted molar refractivity (Wildman–Crippen MR) is 108 cm³/mol. The SMILES string of the molecule is O=S(=O)(NC1CCC(Oc2ccc(Cl)cn2)CC1)c1cccc2cccnc12. The van der Waals surface area contributed by atoms with Crippen LogP contribution in [0.2, 0.25) is 5.02 Å². The van der Waals surface area contributed by atoms with E-state index in [1.807, 2.05) is 12.1 Å². The van der Waals surface area contributed by atoms with Gasteiger partial charge in [0.05, 0.1) is 10.5 Å². The summed E-state index contributed by atoms with van der Waals surface area (Å²) in [5.41, 5.74) is 0.489. The van der Waals surface area contributed by atoms with Crippen LogP contribution in [-0.2, 0) is 10.0 Å². The molecule has 1 fully saturated rings. The van der Waals surface area contributed by atoms with Crippen LogP contribution in [0.15, 0.2) is 59.8 Å². The van der Waals surface area contributed by atoms with Crippen molar-refractivity contribution in [3.05, 3.63) is 59.9 Å². The molecule has 146 valence electrons. The van der Waals surface area contributed by atoms with Gasteiger partial charge in [0.2, 0.25) is 15.9 Å². The summed E-state index contributed by atoms with van der Waals surface area (Å²) in [7, 11) is -3.65. The highest BCUT2D eigenvalue weighted by atomic mass is 35.5. The molecule has 0 unspecified atom stereocenters. The van der Waals surface area contributed by atoms with E-state index < -0.39 is 10.0 Å². The highest BCUT2D eigenvalue weighted by Crippen LogP contribution is 2.26. The number of fused-ring (bicyclic) bond motifs is 1. The normalized spacial score (nSPS) is 20.2. The fourth-order valence-electron chi connectivity index (χ4n) is 3.48. The number of hydrogen-bond donors (Lipinski definition) is 1. The van der Waals surface area contributed by atoms with Gasteiger partial charge in [-0.1, -0.05) is 29.8 Å². The highest BCUT2D eigenvalue weighted by Gasteiger charge is 2.28. The van der Waals surface area contributed by atoms with Crippen molar-refractivity contribution in [1.29, 1.82) is 0 Å². The fraction of sp³-hybridized carbons (Fsp3) is 0.300. The number of benzene rings is 1. The van der Waals surface area contributed by atoms with Gasteiger partial charge >= 0.3 is 0 Å². The number of rotatable bonds is 5. The van der Waals surface area contributed by atoms with E-state index >= 15 is 0 Å². The van der Waals surface area contributed by atoms with E-state index in [4.69, 9.17) is 16.3 Å². The molecule has 0 radical (unpaired) electrons. The zero-order valence-corrected chi connectivity index (χ0v) is 16.7. The summed E-state index contributed by atoms with van der Waals surface area (Å²) in [4.78, 5) is 8.61. The summed E-state index contributed by atoms with van der Waals surface area (Å²) in [6.07, 6.45) is 6.10. The van der Waals surface area contributed by atoms with Gasteiger partial charge in [0.25, 0.3) is 0 Å². The minimum atomic E-state index is -3.65. The van der Waals surface area contributed by atoms with E-state index in [0.29, 0.717) is 29.3 Å². The molecule has 3 aromatic rings. The van der Waals surface area contributed by atoms with Crippen LogP contribution in [0.25, 0.3) is 10.9 Å². The van der Waals surface area contributed by atoms with Crippen LogP contribution < -0.4 is 9.46 Å². The first kappa shape index (κ1) is 19.1. The molecule has 2 heterocycles. The molecule has 0 amide bonds. The van der Waals surface area contributed by atoms with Gasteiger partial charge in [-0.05, 0) is 43.9 Å². The minimum Gasteiger partial charge on any atom is -0.474 e. The van der Waals surface area contributed by atoms with Crippen LogP contribution in [0, 0.1) is 0 Å². The van der Waals surface area contributed by atoms with Crippen LogP contribution in [0.4, 0.5) is 0 Å². The predicted octanol–water partition coefficient (Wildman–Crippen LogP) is 3.95. The first-order valence-electron chi connectivity index (χ1n) is 9.15. The van der Waals surface area contributed by atoms with Crippen LogP contribution in [0.3, 0.4) is 0 Å². The summed E-state index contributed by atoms with van der Waals surface area (Å²) < 4.78 is 34.5. The number of nitrogens with zero attached hydrogens (tertiary/aromatic N) is 2. The van der Waals surface area contributed by atoms with Crippen molar-refractivity contribution in [3.8, 4) is 5.88 Å². The zero-order valence-electron chi connectivity index (χ0n) is 15.1. The van der Waals surface area contributed by atoms with Crippen LogP contribution in [0.5, 0.6) is 5.88 Å². The smallest absolute Gasteiger partial charge is 0.242 e. The van der Waals surface area contributed by atoms with Gasteiger partial charge in [-0.25, -0.2) is 18.1 Å². The zero-order chi connectivity index (χ0) is 19.6. The fourth-order valence-corrected chi connectivity index (χ4v) is 5.07. The van der Waals surface area contributed by atoms with E-state index in [1.54, 1.807) is 42.7 Å². The van der Waals surface area contributed by atoms with Gasteiger partial charge in [-0.2, -0.15) is 0 Å². The Morgan fingerprint density at radius 1 is 1.00 bits per heavy atom. The van der Waals surface area contributed by atoms with Crippen LogP contribution in [-0.4, -0.2) is 30.5 Å². The third-order valence-corrected chi connectivity index (χ3v) is 6.64. The molecule has 4 rings (SSSR count). The standard InChI is InChI=1S/C20H20ClN3O3S/c21-15-6-11-19(23-13-15)27-17-9-7-16(8-10-17)24-28(25,26)18-5-1-3-14-4-2-12-22-20(14)18/h1-6,11-13,16-17,24H,7-10H2. The summed E-state index contributed by atoms with van der Waals surface area (Å²) in [6, 6.07) is 12.2. The number of sulfonamides is 1. The molecule has 0 bridgehead atoms.